The number of rotatable bonds is 5. The molecule has 0 fully saturated rings. The standard InChI is InChI=1S/C16H13BrFN3O3S/c1-8-13(14(24-21-8)12-7-19-15(17)25-12)11(20-16(22)23)6-9-4-2-3-5-10(9)18/h2-5,7,11,20H,6H2,1H3,(H,22,23)/t11-/m1/s1. The average molecular weight is 426 g/mol. The Morgan fingerprint density at radius 1 is 1.48 bits per heavy atom. The summed E-state index contributed by atoms with van der Waals surface area (Å²) in [5, 5.41) is 15.6. The van der Waals surface area contributed by atoms with E-state index < -0.39 is 18.0 Å². The van der Waals surface area contributed by atoms with E-state index in [1.54, 1.807) is 31.3 Å². The molecule has 3 aromatic rings. The zero-order valence-electron chi connectivity index (χ0n) is 13.0. The highest BCUT2D eigenvalue weighted by Crippen LogP contribution is 2.37. The van der Waals surface area contributed by atoms with Gasteiger partial charge in [0.15, 0.2) is 9.68 Å². The van der Waals surface area contributed by atoms with Crippen molar-refractivity contribution in [2.45, 2.75) is 19.4 Å². The van der Waals surface area contributed by atoms with Crippen LogP contribution in [-0.2, 0) is 6.42 Å². The highest BCUT2D eigenvalue weighted by Gasteiger charge is 2.27. The maximum Gasteiger partial charge on any atom is 0.405 e. The first-order valence-electron chi connectivity index (χ1n) is 7.26. The van der Waals surface area contributed by atoms with E-state index in [1.165, 1.54) is 17.4 Å². The molecule has 0 aliphatic carbocycles. The second kappa shape index (κ2) is 7.32. The number of hydrogen-bond acceptors (Lipinski definition) is 5. The van der Waals surface area contributed by atoms with Crippen LogP contribution in [0.1, 0.15) is 22.9 Å². The predicted octanol–water partition coefficient (Wildman–Crippen LogP) is 4.56. The fourth-order valence-corrected chi connectivity index (χ4v) is 3.84. The second-order valence-corrected chi connectivity index (χ2v) is 7.59. The van der Waals surface area contributed by atoms with Gasteiger partial charge in [0.05, 0.1) is 22.8 Å². The maximum atomic E-state index is 14.0. The Kier molecular flexibility index (Phi) is 5.14. The summed E-state index contributed by atoms with van der Waals surface area (Å²) in [4.78, 5) is 16.1. The Hall–Kier alpha value is -2.26. The van der Waals surface area contributed by atoms with Crippen molar-refractivity contribution in [3.05, 3.63) is 57.0 Å². The Labute approximate surface area is 154 Å². The van der Waals surface area contributed by atoms with Crippen molar-refractivity contribution in [3.63, 3.8) is 0 Å². The predicted molar refractivity (Wildman–Crippen MR) is 94.1 cm³/mol. The smallest absolute Gasteiger partial charge is 0.405 e. The van der Waals surface area contributed by atoms with Crippen molar-refractivity contribution < 1.29 is 18.8 Å². The summed E-state index contributed by atoms with van der Waals surface area (Å²) in [5.74, 6) is 0.0340. The molecule has 0 saturated carbocycles. The van der Waals surface area contributed by atoms with Crippen LogP contribution >= 0.6 is 27.3 Å². The van der Waals surface area contributed by atoms with Gasteiger partial charge < -0.3 is 14.9 Å². The Morgan fingerprint density at radius 2 is 2.24 bits per heavy atom. The number of thiazole rings is 1. The molecule has 0 unspecified atom stereocenters. The number of carbonyl (C=O) groups is 1. The van der Waals surface area contributed by atoms with Crippen LogP contribution in [0.3, 0.4) is 0 Å². The number of aryl methyl sites for hydroxylation is 1. The van der Waals surface area contributed by atoms with Gasteiger partial charge in [0, 0.05) is 12.0 Å². The molecule has 0 radical (unpaired) electrons. The minimum absolute atomic E-state index is 0.133. The summed E-state index contributed by atoms with van der Waals surface area (Å²) in [6, 6.07) is 5.55. The van der Waals surface area contributed by atoms with Crippen LogP contribution in [0, 0.1) is 12.7 Å². The summed E-state index contributed by atoms with van der Waals surface area (Å²) < 4.78 is 20.1. The molecule has 130 valence electrons. The molecule has 3 rings (SSSR count). The maximum absolute atomic E-state index is 14.0. The molecule has 0 saturated heterocycles. The molecular weight excluding hydrogens is 413 g/mol. The first-order valence-corrected chi connectivity index (χ1v) is 8.87. The molecule has 6 nitrogen and oxygen atoms in total. The molecule has 0 spiro atoms. The van der Waals surface area contributed by atoms with E-state index in [0.717, 1.165) is 0 Å². The molecule has 2 aromatic heterocycles. The fraction of sp³-hybridized carbons (Fsp3) is 0.188. The second-order valence-electron chi connectivity index (χ2n) is 5.29. The lowest BCUT2D eigenvalue weighted by Crippen LogP contribution is -2.29. The normalized spacial score (nSPS) is 12.1. The monoisotopic (exact) mass is 425 g/mol. The number of nitrogens with one attached hydrogen (secondary N) is 1. The van der Waals surface area contributed by atoms with Crippen LogP contribution in [-0.4, -0.2) is 21.3 Å². The minimum atomic E-state index is -1.21. The number of amides is 1. The van der Waals surface area contributed by atoms with Crippen LogP contribution in [0.2, 0.25) is 0 Å². The van der Waals surface area contributed by atoms with Gasteiger partial charge in [-0.25, -0.2) is 14.2 Å². The van der Waals surface area contributed by atoms with Crippen LogP contribution in [0.25, 0.3) is 10.6 Å². The Bertz CT molecular complexity index is 912. The lowest BCUT2D eigenvalue weighted by atomic mass is 9.96. The average Bonchev–Trinajstić information content (AvgIpc) is 3.14. The van der Waals surface area contributed by atoms with Crippen LogP contribution in [0.5, 0.6) is 0 Å². The van der Waals surface area contributed by atoms with Crippen molar-refractivity contribution in [3.8, 4) is 10.6 Å². The zero-order chi connectivity index (χ0) is 18.0. The Morgan fingerprint density at radius 3 is 2.88 bits per heavy atom. The number of halogens is 2. The van der Waals surface area contributed by atoms with Gasteiger partial charge in [-0.05, 0) is 34.5 Å². The van der Waals surface area contributed by atoms with Gasteiger partial charge in [-0.3, -0.25) is 0 Å². The quantitative estimate of drug-likeness (QED) is 0.625. The van der Waals surface area contributed by atoms with Crippen molar-refractivity contribution in [1.82, 2.24) is 15.5 Å². The van der Waals surface area contributed by atoms with Gasteiger partial charge in [0.1, 0.15) is 5.82 Å². The van der Waals surface area contributed by atoms with E-state index in [1.807, 2.05) is 0 Å². The first-order chi connectivity index (χ1) is 12.0. The van der Waals surface area contributed by atoms with Crippen molar-refractivity contribution in [2.24, 2.45) is 0 Å². The lowest BCUT2D eigenvalue weighted by molar-refractivity contribution is 0.189. The van der Waals surface area contributed by atoms with Gasteiger partial charge in [-0.1, -0.05) is 23.4 Å². The zero-order valence-corrected chi connectivity index (χ0v) is 15.4. The molecule has 1 amide bonds. The number of hydrogen-bond donors (Lipinski definition) is 2. The van der Waals surface area contributed by atoms with Crippen molar-refractivity contribution in [2.75, 3.05) is 0 Å². The van der Waals surface area contributed by atoms with E-state index in [-0.39, 0.29) is 6.42 Å². The summed E-state index contributed by atoms with van der Waals surface area (Å²) in [6.07, 6.45) is 0.533. The van der Waals surface area contributed by atoms with E-state index >= 15 is 0 Å². The van der Waals surface area contributed by atoms with Gasteiger partial charge in [0.2, 0.25) is 0 Å². The highest BCUT2D eigenvalue weighted by molar-refractivity contribution is 9.11. The Balaban J connectivity index is 2.03. The molecule has 25 heavy (non-hydrogen) atoms. The fourth-order valence-electron chi connectivity index (χ4n) is 2.58. The lowest BCUT2D eigenvalue weighted by Gasteiger charge is -2.17. The number of nitrogens with zero attached hydrogens (tertiary/aromatic N) is 2. The molecule has 0 bridgehead atoms. The third-order valence-electron chi connectivity index (χ3n) is 3.64. The molecule has 9 heteroatoms. The van der Waals surface area contributed by atoms with Gasteiger partial charge in [0.25, 0.3) is 0 Å². The molecular formula is C16H13BrFN3O3S. The van der Waals surface area contributed by atoms with Gasteiger partial charge >= 0.3 is 6.09 Å². The SMILES string of the molecule is Cc1noc(-c2cnc(Br)s2)c1[C@@H](Cc1ccccc1F)NC(=O)O. The molecule has 0 aliphatic rings. The van der Waals surface area contributed by atoms with E-state index in [0.29, 0.717) is 31.4 Å². The molecule has 1 aromatic carbocycles. The van der Waals surface area contributed by atoms with E-state index in [4.69, 9.17) is 4.52 Å². The summed E-state index contributed by atoms with van der Waals surface area (Å²) in [6.45, 7) is 1.72. The van der Waals surface area contributed by atoms with E-state index in [2.05, 4.69) is 31.4 Å². The number of carboxylic acid groups (broad SMARTS) is 1. The minimum Gasteiger partial charge on any atom is -0.465 e. The van der Waals surface area contributed by atoms with Crippen molar-refractivity contribution in [1.29, 1.82) is 0 Å². The summed E-state index contributed by atoms with van der Waals surface area (Å²) in [7, 11) is 0. The summed E-state index contributed by atoms with van der Waals surface area (Å²) >= 11 is 4.62. The van der Waals surface area contributed by atoms with Gasteiger partial charge in [-0.2, -0.15) is 0 Å². The molecule has 0 aliphatic heterocycles. The third kappa shape index (κ3) is 3.88. The van der Waals surface area contributed by atoms with Crippen LogP contribution < -0.4 is 5.32 Å². The first kappa shape index (κ1) is 17.6. The summed E-state index contributed by atoms with van der Waals surface area (Å²) in [5.41, 5.74) is 1.51. The van der Waals surface area contributed by atoms with E-state index in [9.17, 15) is 14.3 Å². The third-order valence-corrected chi connectivity index (χ3v) is 5.11. The molecule has 2 heterocycles. The number of benzene rings is 1. The topological polar surface area (TPSA) is 88.3 Å². The highest BCUT2D eigenvalue weighted by atomic mass is 79.9. The van der Waals surface area contributed by atoms with Crippen LogP contribution in [0.15, 0.2) is 38.9 Å². The molecule has 1 atom stereocenters. The number of aromatic nitrogens is 2. The van der Waals surface area contributed by atoms with Gasteiger partial charge in [-0.15, -0.1) is 11.3 Å². The van der Waals surface area contributed by atoms with Crippen LogP contribution in [0.4, 0.5) is 9.18 Å². The van der Waals surface area contributed by atoms with Crippen molar-refractivity contribution >= 4 is 33.4 Å². The molecule has 2 N–H and O–H groups in total. The largest absolute Gasteiger partial charge is 0.465 e.